The van der Waals surface area contributed by atoms with Crippen molar-refractivity contribution in [3.8, 4) is 0 Å². The van der Waals surface area contributed by atoms with E-state index in [0.29, 0.717) is 6.54 Å². The molecule has 1 aromatic rings. The van der Waals surface area contributed by atoms with Gasteiger partial charge in [-0.05, 0) is 19.1 Å². The van der Waals surface area contributed by atoms with Gasteiger partial charge in [-0.15, -0.1) is 0 Å². The van der Waals surface area contributed by atoms with Gasteiger partial charge < -0.3 is 20.2 Å². The average Bonchev–Trinajstić information content (AvgIpc) is 2.45. The van der Waals surface area contributed by atoms with E-state index in [2.05, 4.69) is 5.43 Å². The van der Waals surface area contributed by atoms with E-state index >= 15 is 0 Å². The van der Waals surface area contributed by atoms with Crippen LogP contribution in [0.1, 0.15) is 17.3 Å². The molecule has 1 amide bonds. The first kappa shape index (κ1) is 14.7. The van der Waals surface area contributed by atoms with Crippen molar-refractivity contribution in [3.05, 3.63) is 29.6 Å². The van der Waals surface area contributed by atoms with Crippen molar-refractivity contribution in [2.75, 3.05) is 25.1 Å². The molecule has 0 aromatic heterocycles. The quantitative estimate of drug-likeness (QED) is 0.550. The molecule has 6 nitrogen and oxygen atoms in total. The summed E-state index contributed by atoms with van der Waals surface area (Å²) in [5, 5.41) is 9.17. The van der Waals surface area contributed by atoms with Crippen molar-refractivity contribution in [1.29, 1.82) is 0 Å². The number of ether oxygens (including phenoxy) is 1. The molecule has 20 heavy (non-hydrogen) atoms. The van der Waals surface area contributed by atoms with Crippen LogP contribution in [0.25, 0.3) is 0 Å². The van der Waals surface area contributed by atoms with Gasteiger partial charge in [-0.25, -0.2) is 4.39 Å². The molecule has 1 heterocycles. The van der Waals surface area contributed by atoms with Gasteiger partial charge in [0.1, 0.15) is 5.82 Å². The minimum absolute atomic E-state index is 0.0304. The fourth-order valence-corrected chi connectivity index (χ4v) is 2.33. The molecular formula is C13H18FN3O3. The number of nitrogen functional groups attached to an aromatic ring is 1. The first-order valence-electron chi connectivity index (χ1n) is 6.37. The minimum Gasteiger partial charge on any atom is -0.394 e. The molecule has 1 aromatic carbocycles. The van der Waals surface area contributed by atoms with Gasteiger partial charge in [0.2, 0.25) is 0 Å². The molecule has 1 saturated heterocycles. The monoisotopic (exact) mass is 283 g/mol. The number of aliphatic hydroxyl groups excluding tert-OH is 1. The second-order valence-corrected chi connectivity index (χ2v) is 4.77. The molecule has 7 heteroatoms. The normalized spacial score (nSPS) is 22.7. The predicted molar refractivity (Wildman–Crippen MR) is 71.5 cm³/mol. The van der Waals surface area contributed by atoms with Crippen LogP contribution in [-0.4, -0.2) is 47.8 Å². The highest BCUT2D eigenvalue weighted by molar-refractivity contribution is 5.99. The molecule has 1 fully saturated rings. The van der Waals surface area contributed by atoms with Crippen molar-refractivity contribution in [2.45, 2.75) is 19.1 Å². The zero-order valence-electron chi connectivity index (χ0n) is 11.2. The average molecular weight is 283 g/mol. The number of hydrogen-bond acceptors (Lipinski definition) is 5. The van der Waals surface area contributed by atoms with Gasteiger partial charge >= 0.3 is 0 Å². The molecular weight excluding hydrogens is 265 g/mol. The Morgan fingerprint density at radius 3 is 3.00 bits per heavy atom. The number of benzene rings is 1. The van der Waals surface area contributed by atoms with E-state index < -0.39 is 11.9 Å². The maximum Gasteiger partial charge on any atom is 0.256 e. The molecule has 0 aliphatic carbocycles. The minimum atomic E-state index is -0.585. The highest BCUT2D eigenvalue weighted by atomic mass is 19.1. The van der Waals surface area contributed by atoms with E-state index in [4.69, 9.17) is 15.7 Å². The molecule has 1 aliphatic heterocycles. The topological polar surface area (TPSA) is 87.8 Å². The summed E-state index contributed by atoms with van der Waals surface area (Å²) in [6, 6.07) is 4.19. The van der Waals surface area contributed by atoms with Crippen LogP contribution in [0.2, 0.25) is 0 Å². The van der Waals surface area contributed by atoms with E-state index in [1.165, 1.54) is 23.1 Å². The summed E-state index contributed by atoms with van der Waals surface area (Å²) in [5.41, 5.74) is 2.35. The molecule has 2 atom stereocenters. The Hall–Kier alpha value is -1.70. The zero-order valence-corrected chi connectivity index (χ0v) is 11.2. The number of hydrogen-bond donors (Lipinski definition) is 3. The Labute approximate surface area is 116 Å². The number of aliphatic hydroxyl groups is 1. The number of carbonyl (C=O) groups is 1. The van der Waals surface area contributed by atoms with Gasteiger partial charge in [0.25, 0.3) is 5.91 Å². The predicted octanol–water partition coefficient (Wildman–Crippen LogP) is 0.333. The number of nitrogens with one attached hydrogen (secondary N) is 1. The lowest BCUT2D eigenvalue weighted by Crippen LogP contribution is -2.50. The smallest absolute Gasteiger partial charge is 0.256 e. The molecule has 2 unspecified atom stereocenters. The molecule has 1 aliphatic rings. The molecule has 2 rings (SSSR count). The van der Waals surface area contributed by atoms with E-state index in [1.807, 2.05) is 6.92 Å². The van der Waals surface area contributed by atoms with E-state index in [9.17, 15) is 9.18 Å². The number of morpholine rings is 1. The highest BCUT2D eigenvalue weighted by Crippen LogP contribution is 2.22. The van der Waals surface area contributed by atoms with Gasteiger partial charge in [-0.3, -0.25) is 10.6 Å². The first-order valence-corrected chi connectivity index (χ1v) is 6.37. The van der Waals surface area contributed by atoms with Crippen molar-refractivity contribution in [2.24, 2.45) is 5.84 Å². The second-order valence-electron chi connectivity index (χ2n) is 4.77. The summed E-state index contributed by atoms with van der Waals surface area (Å²) in [5.74, 6) is 4.35. The van der Waals surface area contributed by atoms with Crippen LogP contribution in [-0.2, 0) is 4.74 Å². The number of amides is 1. The Bertz CT molecular complexity index is 498. The lowest BCUT2D eigenvalue weighted by atomic mass is 10.1. The summed E-state index contributed by atoms with van der Waals surface area (Å²) in [4.78, 5) is 14.0. The first-order chi connectivity index (χ1) is 9.56. The molecule has 0 radical (unpaired) electrons. The van der Waals surface area contributed by atoms with E-state index in [0.717, 1.165) is 0 Å². The maximum absolute atomic E-state index is 13.6. The van der Waals surface area contributed by atoms with Crippen LogP contribution in [0.5, 0.6) is 0 Å². The summed E-state index contributed by atoms with van der Waals surface area (Å²) >= 11 is 0. The lowest BCUT2D eigenvalue weighted by Gasteiger charge is -2.36. The summed E-state index contributed by atoms with van der Waals surface area (Å²) < 4.78 is 19.1. The van der Waals surface area contributed by atoms with Crippen LogP contribution in [0.4, 0.5) is 10.1 Å². The number of para-hydroxylation sites is 1. The number of halogens is 1. The van der Waals surface area contributed by atoms with Gasteiger partial charge in [0.05, 0.1) is 30.1 Å². The number of hydrazine groups is 1. The Morgan fingerprint density at radius 2 is 2.35 bits per heavy atom. The number of rotatable bonds is 3. The number of anilines is 1. The largest absolute Gasteiger partial charge is 0.394 e. The molecule has 0 spiro atoms. The summed E-state index contributed by atoms with van der Waals surface area (Å²) in [6.45, 7) is 2.30. The second kappa shape index (κ2) is 6.17. The number of nitrogens with zero attached hydrogens (tertiary/aromatic N) is 1. The van der Waals surface area contributed by atoms with E-state index in [-0.39, 0.29) is 36.4 Å². The maximum atomic E-state index is 13.6. The van der Waals surface area contributed by atoms with Crippen LogP contribution >= 0.6 is 0 Å². The van der Waals surface area contributed by atoms with Gasteiger partial charge in [-0.2, -0.15) is 0 Å². The third-order valence-electron chi connectivity index (χ3n) is 3.21. The Balaban J connectivity index is 2.25. The number of nitrogens with two attached hydrogens (primary N) is 1. The molecule has 4 N–H and O–H groups in total. The molecule has 0 bridgehead atoms. The molecule has 0 saturated carbocycles. The standard InChI is InChI=1S/C13H18FN3O3/c1-8-5-17(6-9(7-18)20-8)13(19)10-3-2-4-11(14)12(10)16-15/h2-4,8-9,16,18H,5-7,15H2,1H3. The summed E-state index contributed by atoms with van der Waals surface area (Å²) in [6.07, 6.45) is -0.613. The number of carbonyl (C=O) groups excluding carboxylic acids is 1. The van der Waals surface area contributed by atoms with Crippen molar-refractivity contribution in [3.63, 3.8) is 0 Å². The summed E-state index contributed by atoms with van der Waals surface area (Å²) in [7, 11) is 0. The van der Waals surface area contributed by atoms with Gasteiger partial charge in [-0.1, -0.05) is 6.07 Å². The van der Waals surface area contributed by atoms with Crippen LogP contribution in [0.3, 0.4) is 0 Å². The third-order valence-corrected chi connectivity index (χ3v) is 3.21. The van der Waals surface area contributed by atoms with Gasteiger partial charge in [0.15, 0.2) is 0 Å². The van der Waals surface area contributed by atoms with E-state index in [1.54, 1.807) is 0 Å². The van der Waals surface area contributed by atoms with Crippen molar-refractivity contribution < 1.29 is 19.0 Å². The fourth-order valence-electron chi connectivity index (χ4n) is 2.33. The van der Waals surface area contributed by atoms with Crippen LogP contribution in [0.15, 0.2) is 18.2 Å². The van der Waals surface area contributed by atoms with Gasteiger partial charge in [0, 0.05) is 13.1 Å². The highest BCUT2D eigenvalue weighted by Gasteiger charge is 2.30. The zero-order chi connectivity index (χ0) is 14.7. The lowest BCUT2D eigenvalue weighted by molar-refractivity contribution is -0.0858. The van der Waals surface area contributed by atoms with Crippen molar-refractivity contribution >= 4 is 11.6 Å². The Morgan fingerprint density at radius 1 is 1.60 bits per heavy atom. The van der Waals surface area contributed by atoms with Crippen LogP contribution in [0, 0.1) is 5.82 Å². The van der Waals surface area contributed by atoms with Crippen LogP contribution < -0.4 is 11.3 Å². The Kier molecular flexibility index (Phi) is 4.53. The SMILES string of the molecule is CC1CN(C(=O)c2cccc(F)c2NN)CC(CO)O1. The fraction of sp³-hybridized carbons (Fsp3) is 0.462. The van der Waals surface area contributed by atoms with Crippen molar-refractivity contribution in [1.82, 2.24) is 4.90 Å². The molecule has 110 valence electrons. The third kappa shape index (κ3) is 2.90.